The lowest BCUT2D eigenvalue weighted by molar-refractivity contribution is 0.0845. The van der Waals surface area contributed by atoms with E-state index in [9.17, 15) is 0 Å². The van der Waals surface area contributed by atoms with Crippen LogP contribution in [0.2, 0.25) is 0 Å². The maximum atomic E-state index is 5.45. The van der Waals surface area contributed by atoms with Crippen LogP contribution in [0.3, 0.4) is 0 Å². The van der Waals surface area contributed by atoms with Crippen molar-refractivity contribution in [1.29, 1.82) is 0 Å². The fourth-order valence-electron chi connectivity index (χ4n) is 3.39. The molecule has 0 aliphatic carbocycles. The number of hydrogen-bond donors (Lipinski definition) is 0. The molecule has 0 radical (unpaired) electrons. The van der Waals surface area contributed by atoms with Gasteiger partial charge in [-0.05, 0) is 18.9 Å². The van der Waals surface area contributed by atoms with Crippen LogP contribution >= 0.6 is 0 Å². The van der Waals surface area contributed by atoms with Crippen molar-refractivity contribution < 1.29 is 4.74 Å². The Bertz CT molecular complexity index is 653. The third-order valence-corrected chi connectivity index (χ3v) is 4.81. The minimum atomic E-state index is 0.503. The molecule has 7 heteroatoms. The first-order chi connectivity index (χ1) is 11.9. The van der Waals surface area contributed by atoms with Crippen molar-refractivity contribution in [2.45, 2.75) is 18.8 Å². The third-order valence-electron chi connectivity index (χ3n) is 4.81. The molecule has 0 N–H and O–H groups in total. The minimum absolute atomic E-state index is 0.503. The van der Waals surface area contributed by atoms with E-state index in [0.29, 0.717) is 5.92 Å². The molecule has 126 valence electrons. The molecule has 7 nitrogen and oxygen atoms in total. The summed E-state index contributed by atoms with van der Waals surface area (Å²) in [6, 6.07) is 4.12. The van der Waals surface area contributed by atoms with Gasteiger partial charge in [0, 0.05) is 63.3 Å². The summed E-state index contributed by atoms with van der Waals surface area (Å²) in [5.41, 5.74) is 1.15. The molecule has 0 atom stereocenters. The van der Waals surface area contributed by atoms with Crippen LogP contribution in [0.15, 0.2) is 31.0 Å². The monoisotopic (exact) mass is 326 g/mol. The highest BCUT2D eigenvalue weighted by Gasteiger charge is 2.22. The van der Waals surface area contributed by atoms with Gasteiger partial charge in [0.15, 0.2) is 0 Å². The number of aromatic nitrogens is 4. The summed E-state index contributed by atoms with van der Waals surface area (Å²) in [6.07, 6.45) is 7.21. The van der Waals surface area contributed by atoms with Gasteiger partial charge in [-0.3, -0.25) is 0 Å². The number of rotatable bonds is 3. The van der Waals surface area contributed by atoms with Gasteiger partial charge in [0.25, 0.3) is 0 Å². The van der Waals surface area contributed by atoms with Gasteiger partial charge in [0.05, 0.1) is 0 Å². The summed E-state index contributed by atoms with van der Waals surface area (Å²) in [6.45, 7) is 5.42. The zero-order valence-corrected chi connectivity index (χ0v) is 13.7. The molecule has 4 rings (SSSR count). The Hall–Kier alpha value is -2.28. The average molecular weight is 326 g/mol. The molecule has 2 aliphatic rings. The average Bonchev–Trinajstić information content (AvgIpc) is 2.70. The number of hydrogen-bond acceptors (Lipinski definition) is 7. The molecular weight excluding hydrogens is 304 g/mol. The molecule has 2 fully saturated rings. The van der Waals surface area contributed by atoms with Gasteiger partial charge in [-0.15, -0.1) is 0 Å². The van der Waals surface area contributed by atoms with E-state index in [1.165, 1.54) is 0 Å². The summed E-state index contributed by atoms with van der Waals surface area (Å²) in [7, 11) is 0. The van der Waals surface area contributed by atoms with E-state index in [0.717, 1.165) is 69.6 Å². The Balaban J connectivity index is 1.42. The maximum Gasteiger partial charge on any atom is 0.132 e. The van der Waals surface area contributed by atoms with Gasteiger partial charge in [0.2, 0.25) is 0 Å². The standard InChI is InChI=1S/C17H22N6O/c1-4-18-12-20-16(1)22-5-7-23(8-6-22)17-11-15(19-13-21-17)14-2-9-24-10-3-14/h1,4,11-14H,2-3,5-10H2. The highest BCUT2D eigenvalue weighted by atomic mass is 16.5. The zero-order chi connectivity index (χ0) is 16.2. The van der Waals surface area contributed by atoms with E-state index in [2.05, 4.69) is 35.8 Å². The van der Waals surface area contributed by atoms with Gasteiger partial charge >= 0.3 is 0 Å². The van der Waals surface area contributed by atoms with Crippen LogP contribution in [0.5, 0.6) is 0 Å². The number of piperazine rings is 1. The molecule has 2 saturated heterocycles. The largest absolute Gasteiger partial charge is 0.381 e. The molecule has 2 aromatic rings. The van der Waals surface area contributed by atoms with Crippen LogP contribution in [0.25, 0.3) is 0 Å². The van der Waals surface area contributed by atoms with Crippen LogP contribution in [0.4, 0.5) is 11.6 Å². The lowest BCUT2D eigenvalue weighted by atomic mass is 9.96. The molecular formula is C17H22N6O. The highest BCUT2D eigenvalue weighted by molar-refractivity contribution is 5.44. The van der Waals surface area contributed by atoms with Crippen molar-refractivity contribution in [3.63, 3.8) is 0 Å². The predicted octanol–water partition coefficient (Wildman–Crippen LogP) is 1.49. The van der Waals surface area contributed by atoms with Gasteiger partial charge in [0.1, 0.15) is 24.3 Å². The smallest absolute Gasteiger partial charge is 0.132 e. The summed E-state index contributed by atoms with van der Waals surface area (Å²) >= 11 is 0. The summed E-state index contributed by atoms with van der Waals surface area (Å²) in [4.78, 5) is 21.9. The first-order valence-electron chi connectivity index (χ1n) is 8.56. The summed E-state index contributed by atoms with van der Waals surface area (Å²) in [5.74, 6) is 2.53. The van der Waals surface area contributed by atoms with Crippen LogP contribution in [-0.2, 0) is 4.74 Å². The molecule has 24 heavy (non-hydrogen) atoms. The quantitative estimate of drug-likeness (QED) is 0.846. The van der Waals surface area contributed by atoms with E-state index >= 15 is 0 Å². The molecule has 0 aromatic carbocycles. The fourth-order valence-corrected chi connectivity index (χ4v) is 3.39. The topological polar surface area (TPSA) is 67.3 Å². The molecule has 0 amide bonds. The van der Waals surface area contributed by atoms with Gasteiger partial charge in [-0.2, -0.15) is 0 Å². The minimum Gasteiger partial charge on any atom is -0.381 e. The van der Waals surface area contributed by atoms with Crippen molar-refractivity contribution in [3.05, 3.63) is 36.7 Å². The van der Waals surface area contributed by atoms with E-state index in [4.69, 9.17) is 4.74 Å². The van der Waals surface area contributed by atoms with Crippen molar-refractivity contribution in [3.8, 4) is 0 Å². The first-order valence-corrected chi connectivity index (χ1v) is 8.56. The Morgan fingerprint density at radius 1 is 0.875 bits per heavy atom. The van der Waals surface area contributed by atoms with E-state index in [-0.39, 0.29) is 0 Å². The molecule has 2 aliphatic heterocycles. The number of nitrogens with zero attached hydrogens (tertiary/aromatic N) is 6. The molecule has 0 spiro atoms. The van der Waals surface area contributed by atoms with Crippen molar-refractivity contribution in [1.82, 2.24) is 19.9 Å². The molecule has 2 aromatic heterocycles. The van der Waals surface area contributed by atoms with Crippen LogP contribution in [0, 0.1) is 0 Å². The molecule has 0 bridgehead atoms. The van der Waals surface area contributed by atoms with Gasteiger partial charge in [-0.25, -0.2) is 19.9 Å². The van der Waals surface area contributed by atoms with Crippen molar-refractivity contribution in [2.75, 3.05) is 49.2 Å². The number of ether oxygens (including phenoxy) is 1. The van der Waals surface area contributed by atoms with E-state index in [1.807, 2.05) is 6.07 Å². The first kappa shape index (κ1) is 15.3. The summed E-state index contributed by atoms with van der Waals surface area (Å²) in [5, 5.41) is 0. The fraction of sp³-hybridized carbons (Fsp3) is 0.529. The maximum absolute atomic E-state index is 5.45. The second-order valence-corrected chi connectivity index (χ2v) is 6.23. The molecule has 4 heterocycles. The van der Waals surface area contributed by atoms with Crippen LogP contribution in [0.1, 0.15) is 24.5 Å². The van der Waals surface area contributed by atoms with Crippen molar-refractivity contribution >= 4 is 11.6 Å². The Labute approximate surface area is 141 Å². The second-order valence-electron chi connectivity index (χ2n) is 6.23. The zero-order valence-electron chi connectivity index (χ0n) is 13.7. The number of anilines is 2. The third kappa shape index (κ3) is 3.31. The van der Waals surface area contributed by atoms with E-state index in [1.54, 1.807) is 18.9 Å². The Morgan fingerprint density at radius 2 is 1.58 bits per heavy atom. The highest BCUT2D eigenvalue weighted by Crippen LogP contribution is 2.27. The predicted molar refractivity (Wildman–Crippen MR) is 91.3 cm³/mol. The summed E-state index contributed by atoms with van der Waals surface area (Å²) < 4.78 is 5.45. The van der Waals surface area contributed by atoms with Crippen LogP contribution in [-0.4, -0.2) is 59.3 Å². The molecule has 0 unspecified atom stereocenters. The van der Waals surface area contributed by atoms with Gasteiger partial charge < -0.3 is 14.5 Å². The Morgan fingerprint density at radius 3 is 2.29 bits per heavy atom. The Kier molecular flexibility index (Phi) is 4.51. The molecule has 0 saturated carbocycles. The normalized spacial score (nSPS) is 19.5. The second kappa shape index (κ2) is 7.09. The lowest BCUT2D eigenvalue weighted by Crippen LogP contribution is -2.47. The lowest BCUT2D eigenvalue weighted by Gasteiger charge is -2.36. The van der Waals surface area contributed by atoms with Crippen molar-refractivity contribution in [2.24, 2.45) is 0 Å². The van der Waals surface area contributed by atoms with Crippen LogP contribution < -0.4 is 9.80 Å². The van der Waals surface area contributed by atoms with E-state index < -0.39 is 0 Å². The van der Waals surface area contributed by atoms with Gasteiger partial charge in [-0.1, -0.05) is 0 Å². The SMILES string of the molecule is c1cc(N2CCN(c3cc(C4CCOCC4)ncn3)CC2)ncn1.